The van der Waals surface area contributed by atoms with Gasteiger partial charge in [-0.1, -0.05) is 32.0 Å². The number of aryl methyl sites for hydroxylation is 1. The standard InChI is InChI=1S/C16H21N3O/c1-10(2)13-8-6-7-9-14(13)20-16-11(3)15(17-5)18-12(4)19-16/h6-10H,1-5H3,(H,17,18,19). The third kappa shape index (κ3) is 2.90. The maximum Gasteiger partial charge on any atom is 0.227 e. The van der Waals surface area contributed by atoms with E-state index in [1.807, 2.05) is 39.1 Å². The Hall–Kier alpha value is -2.10. The minimum atomic E-state index is 0.401. The fraction of sp³-hybridized carbons (Fsp3) is 0.375. The molecular formula is C16H21N3O. The summed E-state index contributed by atoms with van der Waals surface area (Å²) in [7, 11) is 1.85. The maximum absolute atomic E-state index is 6.03. The van der Waals surface area contributed by atoms with Crippen LogP contribution in [0.1, 0.15) is 36.7 Å². The van der Waals surface area contributed by atoms with E-state index in [1.165, 1.54) is 5.56 Å². The van der Waals surface area contributed by atoms with Crippen molar-refractivity contribution in [2.75, 3.05) is 12.4 Å². The Bertz CT molecular complexity index is 609. The summed E-state index contributed by atoms with van der Waals surface area (Å²) in [4.78, 5) is 8.75. The number of hydrogen-bond acceptors (Lipinski definition) is 4. The number of para-hydroxylation sites is 1. The van der Waals surface area contributed by atoms with E-state index >= 15 is 0 Å². The van der Waals surface area contributed by atoms with E-state index in [-0.39, 0.29) is 0 Å². The molecule has 1 N–H and O–H groups in total. The van der Waals surface area contributed by atoms with Crippen molar-refractivity contribution in [2.24, 2.45) is 0 Å². The van der Waals surface area contributed by atoms with E-state index in [2.05, 4.69) is 35.2 Å². The van der Waals surface area contributed by atoms with Crippen molar-refractivity contribution in [3.63, 3.8) is 0 Å². The zero-order valence-corrected chi connectivity index (χ0v) is 12.7. The van der Waals surface area contributed by atoms with Gasteiger partial charge in [0.1, 0.15) is 17.4 Å². The molecule has 0 fully saturated rings. The smallest absolute Gasteiger partial charge is 0.227 e. The van der Waals surface area contributed by atoms with Gasteiger partial charge in [0.2, 0.25) is 5.88 Å². The summed E-state index contributed by atoms with van der Waals surface area (Å²) in [6, 6.07) is 8.07. The van der Waals surface area contributed by atoms with Crippen LogP contribution in [0.2, 0.25) is 0 Å². The van der Waals surface area contributed by atoms with Gasteiger partial charge in [-0.05, 0) is 31.4 Å². The molecule has 4 nitrogen and oxygen atoms in total. The van der Waals surface area contributed by atoms with Gasteiger partial charge in [0, 0.05) is 7.05 Å². The number of ether oxygens (including phenoxy) is 1. The lowest BCUT2D eigenvalue weighted by Gasteiger charge is -2.15. The molecule has 1 heterocycles. The summed E-state index contributed by atoms with van der Waals surface area (Å²) in [6.45, 7) is 8.12. The lowest BCUT2D eigenvalue weighted by molar-refractivity contribution is 0.448. The molecule has 0 aliphatic heterocycles. The minimum absolute atomic E-state index is 0.401. The first-order valence-electron chi connectivity index (χ1n) is 6.82. The number of aromatic nitrogens is 2. The average molecular weight is 271 g/mol. The molecule has 0 bridgehead atoms. The Morgan fingerprint density at radius 2 is 1.80 bits per heavy atom. The zero-order valence-electron chi connectivity index (χ0n) is 12.7. The number of nitrogens with one attached hydrogen (secondary N) is 1. The molecule has 0 atom stereocenters. The van der Waals surface area contributed by atoms with Gasteiger partial charge in [-0.25, -0.2) is 4.98 Å². The highest BCUT2D eigenvalue weighted by Gasteiger charge is 2.13. The highest BCUT2D eigenvalue weighted by molar-refractivity contribution is 5.50. The molecule has 20 heavy (non-hydrogen) atoms. The van der Waals surface area contributed by atoms with Crippen LogP contribution in [-0.4, -0.2) is 17.0 Å². The summed E-state index contributed by atoms with van der Waals surface area (Å²) in [5.74, 6) is 3.35. The van der Waals surface area contributed by atoms with Crippen LogP contribution < -0.4 is 10.1 Å². The third-order valence-electron chi connectivity index (χ3n) is 3.20. The van der Waals surface area contributed by atoms with E-state index in [1.54, 1.807) is 0 Å². The van der Waals surface area contributed by atoms with Crippen LogP contribution in [0.4, 0.5) is 5.82 Å². The van der Waals surface area contributed by atoms with E-state index in [4.69, 9.17) is 4.74 Å². The van der Waals surface area contributed by atoms with Gasteiger partial charge in [-0.2, -0.15) is 4.98 Å². The van der Waals surface area contributed by atoms with Crippen molar-refractivity contribution in [3.8, 4) is 11.6 Å². The first-order valence-corrected chi connectivity index (χ1v) is 6.82. The molecule has 1 aromatic carbocycles. The number of benzene rings is 1. The molecule has 0 aliphatic carbocycles. The lowest BCUT2D eigenvalue weighted by atomic mass is 10.0. The second-order valence-electron chi connectivity index (χ2n) is 5.09. The van der Waals surface area contributed by atoms with Gasteiger partial charge in [-0.3, -0.25) is 0 Å². The Labute approximate surface area is 120 Å². The molecule has 0 radical (unpaired) electrons. The van der Waals surface area contributed by atoms with Gasteiger partial charge in [0.15, 0.2) is 0 Å². The summed E-state index contributed by atoms with van der Waals surface area (Å²) in [6.07, 6.45) is 0. The molecule has 2 aromatic rings. The van der Waals surface area contributed by atoms with Crippen molar-refractivity contribution in [1.29, 1.82) is 0 Å². The van der Waals surface area contributed by atoms with Crippen molar-refractivity contribution in [2.45, 2.75) is 33.6 Å². The Kier molecular flexibility index (Phi) is 4.23. The Morgan fingerprint density at radius 1 is 1.10 bits per heavy atom. The van der Waals surface area contributed by atoms with Gasteiger partial charge in [-0.15, -0.1) is 0 Å². The van der Waals surface area contributed by atoms with Crippen LogP contribution in [-0.2, 0) is 0 Å². The van der Waals surface area contributed by atoms with E-state index in [0.29, 0.717) is 17.6 Å². The number of rotatable bonds is 4. The van der Waals surface area contributed by atoms with Crippen molar-refractivity contribution >= 4 is 5.82 Å². The van der Waals surface area contributed by atoms with Crippen LogP contribution in [0.3, 0.4) is 0 Å². The number of anilines is 1. The van der Waals surface area contributed by atoms with Crippen LogP contribution in [0.5, 0.6) is 11.6 Å². The molecule has 106 valence electrons. The zero-order chi connectivity index (χ0) is 14.7. The van der Waals surface area contributed by atoms with Crippen LogP contribution >= 0.6 is 0 Å². The van der Waals surface area contributed by atoms with E-state index in [9.17, 15) is 0 Å². The SMILES string of the molecule is CNc1nc(C)nc(Oc2ccccc2C(C)C)c1C. The fourth-order valence-corrected chi connectivity index (χ4v) is 2.10. The fourth-order valence-electron chi connectivity index (χ4n) is 2.10. The monoisotopic (exact) mass is 271 g/mol. The summed E-state index contributed by atoms with van der Waals surface area (Å²) in [5, 5.41) is 3.07. The molecule has 0 aliphatic rings. The molecule has 0 saturated carbocycles. The number of nitrogens with zero attached hydrogens (tertiary/aromatic N) is 2. The van der Waals surface area contributed by atoms with E-state index in [0.717, 1.165) is 17.1 Å². The van der Waals surface area contributed by atoms with Crippen LogP contribution in [0, 0.1) is 13.8 Å². The van der Waals surface area contributed by atoms with Crippen LogP contribution in [0.15, 0.2) is 24.3 Å². The van der Waals surface area contributed by atoms with Crippen molar-refractivity contribution in [1.82, 2.24) is 9.97 Å². The van der Waals surface area contributed by atoms with Gasteiger partial charge in [0.05, 0.1) is 5.56 Å². The maximum atomic E-state index is 6.03. The van der Waals surface area contributed by atoms with Gasteiger partial charge in [0.25, 0.3) is 0 Å². The first kappa shape index (κ1) is 14.3. The molecule has 0 unspecified atom stereocenters. The molecule has 0 saturated heterocycles. The predicted molar refractivity (Wildman–Crippen MR) is 81.7 cm³/mol. The van der Waals surface area contributed by atoms with Crippen molar-refractivity contribution in [3.05, 3.63) is 41.2 Å². The topological polar surface area (TPSA) is 47.0 Å². The Morgan fingerprint density at radius 3 is 2.45 bits per heavy atom. The minimum Gasteiger partial charge on any atom is -0.438 e. The quantitative estimate of drug-likeness (QED) is 0.911. The second-order valence-corrected chi connectivity index (χ2v) is 5.09. The molecule has 1 aromatic heterocycles. The normalized spacial score (nSPS) is 10.7. The lowest BCUT2D eigenvalue weighted by Crippen LogP contribution is -2.04. The van der Waals surface area contributed by atoms with Crippen molar-refractivity contribution < 1.29 is 4.74 Å². The summed E-state index contributed by atoms with van der Waals surface area (Å²) >= 11 is 0. The summed E-state index contributed by atoms with van der Waals surface area (Å²) in [5.41, 5.74) is 2.09. The van der Waals surface area contributed by atoms with Gasteiger partial charge < -0.3 is 10.1 Å². The van der Waals surface area contributed by atoms with Gasteiger partial charge >= 0.3 is 0 Å². The Balaban J connectivity index is 2.43. The molecular weight excluding hydrogens is 250 g/mol. The molecule has 0 spiro atoms. The van der Waals surface area contributed by atoms with Crippen LogP contribution in [0.25, 0.3) is 0 Å². The molecule has 0 amide bonds. The number of hydrogen-bond donors (Lipinski definition) is 1. The average Bonchev–Trinajstić information content (AvgIpc) is 2.42. The predicted octanol–water partition coefficient (Wildman–Crippen LogP) is 4.05. The highest BCUT2D eigenvalue weighted by Crippen LogP contribution is 2.32. The largest absolute Gasteiger partial charge is 0.438 e. The first-order chi connectivity index (χ1) is 9.52. The highest BCUT2D eigenvalue weighted by atomic mass is 16.5. The second kappa shape index (κ2) is 5.90. The molecule has 4 heteroatoms. The third-order valence-corrected chi connectivity index (χ3v) is 3.20. The molecule has 2 rings (SSSR count). The summed E-state index contributed by atoms with van der Waals surface area (Å²) < 4.78 is 6.03. The van der Waals surface area contributed by atoms with E-state index < -0.39 is 0 Å².